The maximum absolute atomic E-state index is 10.6. The summed E-state index contributed by atoms with van der Waals surface area (Å²) in [5.74, 6) is -0.372. The van der Waals surface area contributed by atoms with Crippen LogP contribution < -0.4 is 5.73 Å². The Kier molecular flexibility index (Phi) is 3.55. The first-order valence-corrected chi connectivity index (χ1v) is 6.35. The Balaban J connectivity index is 1.97. The van der Waals surface area contributed by atoms with Crippen LogP contribution in [0.3, 0.4) is 0 Å². The van der Waals surface area contributed by atoms with Crippen LogP contribution in [0.5, 0.6) is 0 Å². The zero-order valence-corrected chi connectivity index (χ0v) is 10.2. The van der Waals surface area contributed by atoms with Crippen molar-refractivity contribution in [1.82, 2.24) is 15.2 Å². The molecule has 0 aliphatic carbocycles. The lowest BCUT2D eigenvalue weighted by Crippen LogP contribution is -1.97. The van der Waals surface area contributed by atoms with Crippen LogP contribution in [-0.4, -0.2) is 26.3 Å². The second-order valence-corrected chi connectivity index (χ2v) is 5.27. The van der Waals surface area contributed by atoms with Crippen LogP contribution in [0, 0.1) is 0 Å². The maximum atomic E-state index is 10.6. The van der Waals surface area contributed by atoms with Crippen molar-refractivity contribution in [3.63, 3.8) is 0 Å². The topological polar surface area (TPSA) is 102 Å². The molecule has 2 aromatic heterocycles. The predicted octanol–water partition coefficient (Wildman–Crippen LogP) is 1.51. The molecule has 6 nitrogen and oxygen atoms in total. The minimum absolute atomic E-state index is 0.180. The summed E-state index contributed by atoms with van der Waals surface area (Å²) < 4.78 is 0.770. The molecule has 0 spiro atoms. The van der Waals surface area contributed by atoms with Gasteiger partial charge in [-0.3, -0.25) is 4.98 Å². The van der Waals surface area contributed by atoms with Gasteiger partial charge >= 0.3 is 5.97 Å². The minimum atomic E-state index is -0.978. The highest BCUT2D eigenvalue weighted by Crippen LogP contribution is 2.26. The normalized spacial score (nSPS) is 10.4. The fraction of sp³-hybridized carbons (Fsp3) is 0.111. The Morgan fingerprint density at radius 3 is 2.82 bits per heavy atom. The Labute approximate surface area is 105 Å². The molecule has 0 aliphatic rings. The van der Waals surface area contributed by atoms with Crippen molar-refractivity contribution in [1.29, 1.82) is 0 Å². The summed E-state index contributed by atoms with van der Waals surface area (Å²) in [6, 6.07) is 3.21. The molecule has 0 aromatic carbocycles. The van der Waals surface area contributed by atoms with Gasteiger partial charge in [-0.25, -0.2) is 4.79 Å². The summed E-state index contributed by atoms with van der Waals surface area (Å²) in [4.78, 5) is 14.7. The van der Waals surface area contributed by atoms with Gasteiger partial charge in [-0.1, -0.05) is 23.1 Å². The molecule has 0 saturated heterocycles. The smallest absolute Gasteiger partial charge is 0.337 e. The molecular formula is C9H8N4O2S2. The summed E-state index contributed by atoms with van der Waals surface area (Å²) >= 11 is 2.78. The first-order chi connectivity index (χ1) is 8.15. The monoisotopic (exact) mass is 268 g/mol. The maximum Gasteiger partial charge on any atom is 0.337 e. The van der Waals surface area contributed by atoms with Gasteiger partial charge in [0.1, 0.15) is 0 Å². The standard InChI is InChI=1S/C9H8N4O2S2/c10-8-12-13-9(17-8)16-4-6-2-1-5(3-11-6)7(14)15/h1-3H,4H2,(H2,10,12)(H,14,15). The lowest BCUT2D eigenvalue weighted by molar-refractivity contribution is 0.0696. The number of carbonyl (C=O) groups is 1. The van der Waals surface area contributed by atoms with Crippen molar-refractivity contribution < 1.29 is 9.90 Å². The average Bonchev–Trinajstić information content (AvgIpc) is 2.73. The van der Waals surface area contributed by atoms with Gasteiger partial charge < -0.3 is 10.8 Å². The van der Waals surface area contributed by atoms with Crippen LogP contribution in [-0.2, 0) is 5.75 Å². The summed E-state index contributed by atoms with van der Waals surface area (Å²) in [5, 5.41) is 16.7. The van der Waals surface area contributed by atoms with E-state index in [-0.39, 0.29) is 5.56 Å². The van der Waals surface area contributed by atoms with Crippen molar-refractivity contribution in [3.8, 4) is 0 Å². The largest absolute Gasteiger partial charge is 0.478 e. The first-order valence-electron chi connectivity index (χ1n) is 4.55. The van der Waals surface area contributed by atoms with Crippen LogP contribution in [0.1, 0.15) is 16.1 Å². The molecule has 0 radical (unpaired) electrons. The fourth-order valence-corrected chi connectivity index (χ4v) is 2.60. The number of hydrogen-bond donors (Lipinski definition) is 2. The van der Waals surface area contributed by atoms with E-state index in [9.17, 15) is 4.79 Å². The Hall–Kier alpha value is -1.67. The lowest BCUT2D eigenvalue weighted by Gasteiger charge is -1.98. The van der Waals surface area contributed by atoms with Gasteiger partial charge in [0.05, 0.1) is 11.3 Å². The van der Waals surface area contributed by atoms with E-state index in [4.69, 9.17) is 10.8 Å². The van der Waals surface area contributed by atoms with E-state index < -0.39 is 5.97 Å². The van der Waals surface area contributed by atoms with Crippen LogP contribution in [0.2, 0.25) is 0 Å². The third kappa shape index (κ3) is 3.14. The molecule has 0 saturated carbocycles. The van der Waals surface area contributed by atoms with E-state index in [1.807, 2.05) is 0 Å². The number of nitrogens with two attached hydrogens (primary N) is 1. The molecule has 0 aliphatic heterocycles. The molecule has 2 aromatic rings. The molecule has 2 rings (SSSR count). The van der Waals surface area contributed by atoms with Crippen LogP contribution >= 0.6 is 23.1 Å². The molecule has 8 heteroatoms. The second kappa shape index (κ2) is 5.11. The molecule has 0 atom stereocenters. The summed E-state index contributed by atoms with van der Waals surface area (Å²) in [6.45, 7) is 0. The number of nitrogen functional groups attached to an aromatic ring is 1. The van der Waals surface area contributed by atoms with E-state index in [1.165, 1.54) is 35.4 Å². The molecule has 2 heterocycles. The quantitative estimate of drug-likeness (QED) is 0.810. The number of carboxylic acid groups (broad SMARTS) is 1. The highest BCUT2D eigenvalue weighted by molar-refractivity contribution is 8.00. The SMILES string of the molecule is Nc1nnc(SCc2ccc(C(=O)O)cn2)s1. The van der Waals surface area contributed by atoms with E-state index in [0.717, 1.165) is 10.0 Å². The molecule has 0 amide bonds. The highest BCUT2D eigenvalue weighted by atomic mass is 32.2. The molecular weight excluding hydrogens is 260 g/mol. The number of aromatic nitrogens is 3. The van der Waals surface area contributed by atoms with E-state index in [0.29, 0.717) is 10.9 Å². The van der Waals surface area contributed by atoms with Crippen molar-refractivity contribution in [3.05, 3.63) is 29.6 Å². The molecule has 0 unspecified atom stereocenters. The van der Waals surface area contributed by atoms with Gasteiger partial charge in [0, 0.05) is 11.9 Å². The van der Waals surface area contributed by atoms with Gasteiger partial charge in [-0.15, -0.1) is 10.2 Å². The number of thioether (sulfide) groups is 1. The number of pyridine rings is 1. The van der Waals surface area contributed by atoms with Crippen LogP contribution in [0.25, 0.3) is 0 Å². The molecule has 17 heavy (non-hydrogen) atoms. The average molecular weight is 268 g/mol. The van der Waals surface area contributed by atoms with E-state index >= 15 is 0 Å². The summed E-state index contributed by atoms with van der Waals surface area (Å²) in [5.41, 5.74) is 6.42. The number of nitrogens with zero attached hydrogens (tertiary/aromatic N) is 3. The number of anilines is 1. The third-order valence-corrected chi connectivity index (χ3v) is 3.76. The van der Waals surface area contributed by atoms with Crippen LogP contribution in [0.15, 0.2) is 22.7 Å². The van der Waals surface area contributed by atoms with E-state index in [1.54, 1.807) is 6.07 Å². The summed E-state index contributed by atoms with van der Waals surface area (Å²) in [7, 11) is 0. The zero-order chi connectivity index (χ0) is 12.3. The molecule has 3 N–H and O–H groups in total. The zero-order valence-electron chi connectivity index (χ0n) is 8.53. The summed E-state index contributed by atoms with van der Waals surface area (Å²) in [6.07, 6.45) is 1.34. The number of aromatic carboxylic acids is 1. The van der Waals surface area contributed by atoms with Crippen molar-refractivity contribution in [2.45, 2.75) is 10.1 Å². The second-order valence-electron chi connectivity index (χ2n) is 3.04. The molecule has 88 valence electrons. The van der Waals surface area contributed by atoms with Crippen molar-refractivity contribution in [2.75, 3.05) is 5.73 Å². The molecule has 0 fully saturated rings. The Morgan fingerprint density at radius 1 is 1.47 bits per heavy atom. The molecule has 0 bridgehead atoms. The van der Waals surface area contributed by atoms with Crippen molar-refractivity contribution >= 4 is 34.2 Å². The highest BCUT2D eigenvalue weighted by Gasteiger charge is 2.05. The fourth-order valence-electron chi connectivity index (χ4n) is 1.05. The van der Waals surface area contributed by atoms with Gasteiger partial charge in [0.15, 0.2) is 4.34 Å². The number of rotatable bonds is 4. The van der Waals surface area contributed by atoms with Gasteiger partial charge in [0.25, 0.3) is 0 Å². The number of carboxylic acids is 1. The number of hydrogen-bond acceptors (Lipinski definition) is 7. The third-order valence-electron chi connectivity index (χ3n) is 1.84. The predicted molar refractivity (Wildman–Crippen MR) is 65.1 cm³/mol. The van der Waals surface area contributed by atoms with E-state index in [2.05, 4.69) is 15.2 Å². The minimum Gasteiger partial charge on any atom is -0.478 e. The van der Waals surface area contributed by atoms with Crippen LogP contribution in [0.4, 0.5) is 5.13 Å². The van der Waals surface area contributed by atoms with Gasteiger partial charge in [0.2, 0.25) is 5.13 Å². The van der Waals surface area contributed by atoms with Gasteiger partial charge in [-0.2, -0.15) is 0 Å². The Morgan fingerprint density at radius 2 is 2.29 bits per heavy atom. The lowest BCUT2D eigenvalue weighted by atomic mass is 10.2. The van der Waals surface area contributed by atoms with Crippen molar-refractivity contribution in [2.24, 2.45) is 0 Å². The first kappa shape index (κ1) is 11.8. The Bertz CT molecular complexity index is 526. The van der Waals surface area contributed by atoms with Gasteiger partial charge in [-0.05, 0) is 12.1 Å².